The molecule has 2 rings (SSSR count). The van der Waals surface area contributed by atoms with Crippen LogP contribution in [0.15, 0.2) is 32.4 Å². The van der Waals surface area contributed by atoms with Gasteiger partial charge in [0.05, 0.1) is 15.8 Å². The zero-order chi connectivity index (χ0) is 12.4. The molecule has 17 heavy (non-hydrogen) atoms. The summed E-state index contributed by atoms with van der Waals surface area (Å²) in [4.78, 5) is 11.9. The maximum absolute atomic E-state index is 11.0. The molecule has 0 spiro atoms. The third-order valence-electron chi connectivity index (χ3n) is 1.97. The van der Waals surface area contributed by atoms with E-state index in [1.165, 1.54) is 11.8 Å². The number of rotatable bonds is 3. The highest BCUT2D eigenvalue weighted by atomic mass is 35.5. The van der Waals surface area contributed by atoms with Crippen LogP contribution in [0.2, 0.25) is 15.1 Å². The molecule has 7 heteroatoms. The van der Waals surface area contributed by atoms with Crippen LogP contribution in [0.1, 0.15) is 5.76 Å². The Morgan fingerprint density at radius 2 is 2.00 bits per heavy atom. The molecule has 0 amide bonds. The van der Waals surface area contributed by atoms with Gasteiger partial charge in [-0.15, -0.1) is 11.8 Å². The molecule has 0 unspecified atom stereocenters. The van der Waals surface area contributed by atoms with Crippen LogP contribution in [0.5, 0.6) is 0 Å². The number of hydrogen-bond acceptors (Lipinski definition) is 3. The van der Waals surface area contributed by atoms with E-state index in [2.05, 4.69) is 5.16 Å². The Balaban J connectivity index is 2.10. The van der Waals surface area contributed by atoms with Crippen LogP contribution in [0.25, 0.3) is 0 Å². The number of hydrogen-bond donors (Lipinski definition) is 1. The molecule has 0 aliphatic carbocycles. The third-order valence-corrected chi connectivity index (χ3v) is 4.09. The molecule has 0 radical (unpaired) electrons. The van der Waals surface area contributed by atoms with Crippen LogP contribution in [-0.4, -0.2) is 5.16 Å². The molecule has 0 fully saturated rings. The van der Waals surface area contributed by atoms with Gasteiger partial charge < -0.3 is 4.52 Å². The normalized spacial score (nSPS) is 10.8. The van der Waals surface area contributed by atoms with E-state index in [0.717, 1.165) is 4.90 Å². The van der Waals surface area contributed by atoms with Crippen LogP contribution in [0, 0.1) is 0 Å². The molecule has 0 atom stereocenters. The Bertz CT molecular complexity index is 593. The first kappa shape index (κ1) is 12.9. The lowest BCUT2D eigenvalue weighted by atomic mass is 10.4. The first-order valence-corrected chi connectivity index (χ1v) is 6.63. The van der Waals surface area contributed by atoms with Gasteiger partial charge in [0.1, 0.15) is 0 Å². The van der Waals surface area contributed by atoms with Crippen molar-refractivity contribution in [2.45, 2.75) is 10.6 Å². The summed E-state index contributed by atoms with van der Waals surface area (Å²) >= 11 is 18.9. The van der Waals surface area contributed by atoms with Gasteiger partial charge >= 0.3 is 0 Å². The van der Waals surface area contributed by atoms with Crippen molar-refractivity contribution >= 4 is 46.6 Å². The van der Waals surface area contributed by atoms with E-state index in [0.29, 0.717) is 21.6 Å². The number of halogens is 3. The van der Waals surface area contributed by atoms with Crippen molar-refractivity contribution in [2.75, 3.05) is 0 Å². The SMILES string of the molecule is O=c1[nH]oc(CSc2ccc(Cl)c(Cl)c2)c1Cl. The van der Waals surface area contributed by atoms with Gasteiger partial charge in [-0.05, 0) is 18.2 Å². The average Bonchev–Trinajstić information content (AvgIpc) is 2.62. The van der Waals surface area contributed by atoms with E-state index in [9.17, 15) is 4.79 Å². The minimum absolute atomic E-state index is 0.0811. The molecule has 1 aromatic carbocycles. The second-order valence-corrected chi connectivity index (χ2v) is 5.38. The molecule has 2 aromatic rings. The van der Waals surface area contributed by atoms with E-state index in [1.807, 2.05) is 6.07 Å². The van der Waals surface area contributed by atoms with E-state index in [-0.39, 0.29) is 5.02 Å². The van der Waals surface area contributed by atoms with Gasteiger partial charge in [-0.1, -0.05) is 34.8 Å². The zero-order valence-corrected chi connectivity index (χ0v) is 11.4. The maximum Gasteiger partial charge on any atom is 0.298 e. The summed E-state index contributed by atoms with van der Waals surface area (Å²) in [6.07, 6.45) is 0. The fourth-order valence-corrected chi connectivity index (χ4v) is 2.58. The van der Waals surface area contributed by atoms with Crippen molar-refractivity contribution in [2.24, 2.45) is 0 Å². The number of H-pyrrole nitrogens is 1. The van der Waals surface area contributed by atoms with Crippen molar-refractivity contribution in [3.63, 3.8) is 0 Å². The van der Waals surface area contributed by atoms with Crippen LogP contribution in [-0.2, 0) is 5.75 Å². The molecule has 1 aromatic heterocycles. The predicted molar refractivity (Wildman–Crippen MR) is 70.4 cm³/mol. The molecule has 0 aliphatic heterocycles. The topological polar surface area (TPSA) is 46.0 Å². The van der Waals surface area contributed by atoms with Gasteiger partial charge in [-0.3, -0.25) is 4.79 Å². The summed E-state index contributed by atoms with van der Waals surface area (Å²) in [7, 11) is 0. The van der Waals surface area contributed by atoms with Crippen LogP contribution < -0.4 is 5.56 Å². The quantitative estimate of drug-likeness (QED) is 0.863. The zero-order valence-electron chi connectivity index (χ0n) is 8.30. The fraction of sp³-hybridized carbons (Fsp3) is 0.100. The molecule has 90 valence electrons. The van der Waals surface area contributed by atoms with Crippen molar-refractivity contribution in [1.29, 1.82) is 0 Å². The van der Waals surface area contributed by atoms with Gasteiger partial charge in [0.2, 0.25) is 0 Å². The van der Waals surface area contributed by atoms with E-state index in [4.69, 9.17) is 39.3 Å². The maximum atomic E-state index is 11.0. The Labute approximate surface area is 116 Å². The standard InChI is InChI=1S/C10H6Cl3NO2S/c11-6-2-1-5(3-7(6)12)17-4-8-9(13)10(15)14-16-8/h1-3H,4H2,(H,14,15). The Morgan fingerprint density at radius 1 is 1.24 bits per heavy atom. The lowest BCUT2D eigenvalue weighted by Crippen LogP contribution is -1.96. The number of thioether (sulfide) groups is 1. The van der Waals surface area contributed by atoms with Gasteiger partial charge in [0.25, 0.3) is 5.56 Å². The number of nitrogens with one attached hydrogen (secondary N) is 1. The van der Waals surface area contributed by atoms with Crippen LogP contribution in [0.3, 0.4) is 0 Å². The first-order valence-electron chi connectivity index (χ1n) is 4.51. The number of benzene rings is 1. The fourth-order valence-electron chi connectivity index (χ4n) is 1.13. The molecule has 1 N–H and O–H groups in total. The molecule has 0 saturated carbocycles. The summed E-state index contributed by atoms with van der Waals surface area (Å²) in [6.45, 7) is 0. The highest BCUT2D eigenvalue weighted by Crippen LogP contribution is 2.30. The van der Waals surface area contributed by atoms with Crippen molar-refractivity contribution in [3.05, 3.63) is 49.4 Å². The molecular formula is C10H6Cl3NO2S. The lowest BCUT2D eigenvalue weighted by molar-refractivity contribution is 0.390. The predicted octanol–water partition coefficient (Wildman–Crippen LogP) is 4.22. The highest BCUT2D eigenvalue weighted by Gasteiger charge is 2.10. The average molecular weight is 311 g/mol. The number of aromatic amines is 1. The first-order chi connectivity index (χ1) is 8.08. The molecule has 0 bridgehead atoms. The summed E-state index contributed by atoms with van der Waals surface area (Å²) in [5.74, 6) is 0.850. The van der Waals surface area contributed by atoms with Gasteiger partial charge in [0.15, 0.2) is 10.8 Å². The Kier molecular flexibility index (Phi) is 4.09. The van der Waals surface area contributed by atoms with Crippen molar-refractivity contribution in [3.8, 4) is 0 Å². The minimum atomic E-state index is -0.420. The molecular weight excluding hydrogens is 305 g/mol. The smallest absolute Gasteiger partial charge is 0.298 e. The van der Waals surface area contributed by atoms with E-state index >= 15 is 0 Å². The largest absolute Gasteiger partial charge is 0.381 e. The van der Waals surface area contributed by atoms with Crippen molar-refractivity contribution in [1.82, 2.24) is 5.16 Å². The number of aromatic nitrogens is 1. The molecule has 0 aliphatic rings. The van der Waals surface area contributed by atoms with E-state index in [1.54, 1.807) is 12.1 Å². The van der Waals surface area contributed by atoms with Crippen LogP contribution in [0.4, 0.5) is 0 Å². The Hall–Kier alpha value is -0.550. The molecule has 1 heterocycles. The minimum Gasteiger partial charge on any atom is -0.381 e. The Morgan fingerprint density at radius 3 is 2.59 bits per heavy atom. The van der Waals surface area contributed by atoms with Crippen molar-refractivity contribution < 1.29 is 4.52 Å². The second-order valence-electron chi connectivity index (χ2n) is 3.13. The monoisotopic (exact) mass is 309 g/mol. The molecule has 3 nitrogen and oxygen atoms in total. The summed E-state index contributed by atoms with van der Waals surface area (Å²) in [5.41, 5.74) is -0.420. The summed E-state index contributed by atoms with van der Waals surface area (Å²) < 4.78 is 4.92. The van der Waals surface area contributed by atoms with Gasteiger partial charge in [-0.25, -0.2) is 0 Å². The summed E-state index contributed by atoms with van der Waals surface area (Å²) in [5, 5.41) is 3.24. The third kappa shape index (κ3) is 3.01. The lowest BCUT2D eigenvalue weighted by Gasteiger charge is -2.01. The highest BCUT2D eigenvalue weighted by molar-refractivity contribution is 7.98. The van der Waals surface area contributed by atoms with Gasteiger partial charge in [0, 0.05) is 4.90 Å². The molecule has 0 saturated heterocycles. The van der Waals surface area contributed by atoms with Gasteiger partial charge in [-0.2, -0.15) is 5.16 Å². The van der Waals surface area contributed by atoms with E-state index < -0.39 is 5.56 Å². The van der Waals surface area contributed by atoms with Crippen LogP contribution >= 0.6 is 46.6 Å². The second kappa shape index (κ2) is 5.40. The summed E-state index contributed by atoms with van der Waals surface area (Å²) in [6, 6.07) is 5.28.